The first-order valence-electron chi connectivity index (χ1n) is 12.0. The van der Waals surface area contributed by atoms with Crippen molar-refractivity contribution in [2.45, 2.75) is 51.1 Å². The fourth-order valence-corrected chi connectivity index (χ4v) is 6.45. The van der Waals surface area contributed by atoms with E-state index in [2.05, 4.69) is 10.6 Å². The van der Waals surface area contributed by atoms with Gasteiger partial charge in [-0.2, -0.15) is 0 Å². The summed E-state index contributed by atoms with van der Waals surface area (Å²) in [5.74, 6) is 3.19. The van der Waals surface area contributed by atoms with Crippen LogP contribution in [0.25, 0.3) is 0 Å². The Kier molecular flexibility index (Phi) is 5.66. The van der Waals surface area contributed by atoms with Gasteiger partial charge in [-0.3, -0.25) is 9.69 Å². The van der Waals surface area contributed by atoms with Crippen LogP contribution >= 0.6 is 0 Å². The molecule has 1 atom stereocenters. The monoisotopic (exact) mass is 431 g/mol. The number of amides is 3. The average Bonchev–Trinajstić information content (AvgIpc) is 2.81. The maximum atomic E-state index is 13.0. The van der Waals surface area contributed by atoms with Gasteiger partial charge in [0.15, 0.2) is 0 Å². The molecule has 4 saturated carbocycles. The molecule has 0 saturated heterocycles. The van der Waals surface area contributed by atoms with E-state index in [0.29, 0.717) is 23.4 Å². The van der Waals surface area contributed by atoms with E-state index >= 15 is 0 Å². The summed E-state index contributed by atoms with van der Waals surface area (Å²) in [5, 5.41) is 6.41. The third-order valence-corrected chi connectivity index (χ3v) is 7.99. The second kappa shape index (κ2) is 8.61. The summed E-state index contributed by atoms with van der Waals surface area (Å²) < 4.78 is 0. The molecule has 5 nitrogen and oxygen atoms in total. The Labute approximate surface area is 190 Å². The summed E-state index contributed by atoms with van der Waals surface area (Å²) in [6, 6.07) is 17.2. The molecule has 2 aromatic rings. The number of urea groups is 1. The first-order chi connectivity index (χ1) is 15.5. The number of anilines is 1. The second-order valence-corrected chi connectivity index (χ2v) is 10.1. The molecule has 0 spiro atoms. The molecule has 32 heavy (non-hydrogen) atoms. The zero-order valence-electron chi connectivity index (χ0n) is 19.0. The van der Waals surface area contributed by atoms with Crippen molar-refractivity contribution in [1.82, 2.24) is 10.6 Å². The minimum atomic E-state index is -0.160. The van der Waals surface area contributed by atoms with Gasteiger partial charge in [-0.1, -0.05) is 30.3 Å². The van der Waals surface area contributed by atoms with E-state index in [-0.39, 0.29) is 18.0 Å². The molecule has 4 aliphatic rings. The molecule has 6 rings (SSSR count). The lowest BCUT2D eigenvalue weighted by atomic mass is 9.54. The molecule has 3 amide bonds. The lowest BCUT2D eigenvalue weighted by Crippen LogP contribution is -2.55. The van der Waals surface area contributed by atoms with Crippen LogP contribution in [0, 0.1) is 23.7 Å². The Bertz CT molecular complexity index is 944. The van der Waals surface area contributed by atoms with Gasteiger partial charge >= 0.3 is 6.03 Å². The van der Waals surface area contributed by atoms with Gasteiger partial charge in [-0.25, -0.2) is 4.79 Å². The molecule has 2 N–H and O–H groups in total. The third-order valence-electron chi connectivity index (χ3n) is 7.99. The van der Waals surface area contributed by atoms with E-state index in [9.17, 15) is 9.59 Å². The zero-order valence-corrected chi connectivity index (χ0v) is 19.0. The Morgan fingerprint density at radius 3 is 2.06 bits per heavy atom. The van der Waals surface area contributed by atoms with Crippen LogP contribution in [0.2, 0.25) is 0 Å². The SMILES string of the molecule is CC(NC(=O)N(C)c1ccccc1)c1ccc(C(=O)NC2C3CC4CC(C3)CC2C4)cc1. The van der Waals surface area contributed by atoms with Gasteiger partial charge in [0.25, 0.3) is 5.91 Å². The van der Waals surface area contributed by atoms with Crippen LogP contribution in [0.4, 0.5) is 10.5 Å². The number of hydrogen-bond acceptors (Lipinski definition) is 2. The maximum absolute atomic E-state index is 13.0. The summed E-state index contributed by atoms with van der Waals surface area (Å²) in [5.41, 5.74) is 2.52. The highest BCUT2D eigenvalue weighted by atomic mass is 16.2. The largest absolute Gasteiger partial charge is 0.349 e. The minimum Gasteiger partial charge on any atom is -0.349 e. The predicted molar refractivity (Wildman–Crippen MR) is 127 cm³/mol. The summed E-state index contributed by atoms with van der Waals surface area (Å²) >= 11 is 0. The van der Waals surface area contributed by atoms with Crippen LogP contribution in [-0.4, -0.2) is 25.0 Å². The highest BCUT2D eigenvalue weighted by Crippen LogP contribution is 2.53. The van der Waals surface area contributed by atoms with Crippen LogP contribution in [-0.2, 0) is 0 Å². The number of benzene rings is 2. The minimum absolute atomic E-state index is 0.0366. The van der Waals surface area contributed by atoms with Gasteiger partial charge in [0.05, 0.1) is 6.04 Å². The van der Waals surface area contributed by atoms with Gasteiger partial charge < -0.3 is 10.6 Å². The number of carbonyl (C=O) groups is 2. The fourth-order valence-electron chi connectivity index (χ4n) is 6.45. The van der Waals surface area contributed by atoms with Crippen LogP contribution in [0.3, 0.4) is 0 Å². The van der Waals surface area contributed by atoms with Crippen LogP contribution in [0.15, 0.2) is 54.6 Å². The van der Waals surface area contributed by atoms with Gasteiger partial charge in [-0.15, -0.1) is 0 Å². The average molecular weight is 432 g/mol. The number of nitrogens with zero attached hydrogens (tertiary/aromatic N) is 1. The topological polar surface area (TPSA) is 61.4 Å². The molecular formula is C27H33N3O2. The standard InChI is InChI=1S/C27H33N3O2/c1-17(28-27(32)30(2)24-6-4-3-5-7-24)20-8-10-21(11-9-20)26(31)29-25-22-13-18-12-19(15-22)16-23(25)14-18/h3-11,17-19,22-23,25H,12-16H2,1-2H3,(H,28,32)(H,29,31). The van der Waals surface area contributed by atoms with E-state index in [1.165, 1.54) is 32.1 Å². The van der Waals surface area contributed by atoms with Gasteiger partial charge in [-0.05, 0) is 92.5 Å². The first kappa shape index (κ1) is 21.0. The lowest BCUT2D eigenvalue weighted by molar-refractivity contribution is -0.0119. The van der Waals surface area contributed by atoms with Crippen molar-refractivity contribution >= 4 is 17.6 Å². The van der Waals surface area contributed by atoms with E-state index in [4.69, 9.17) is 0 Å². The number of nitrogens with one attached hydrogen (secondary N) is 2. The number of carbonyl (C=O) groups excluding carboxylic acids is 2. The molecule has 4 bridgehead atoms. The smallest absolute Gasteiger partial charge is 0.322 e. The maximum Gasteiger partial charge on any atom is 0.322 e. The Morgan fingerprint density at radius 2 is 1.47 bits per heavy atom. The highest BCUT2D eigenvalue weighted by Gasteiger charge is 2.48. The quantitative estimate of drug-likeness (QED) is 0.688. The summed E-state index contributed by atoms with van der Waals surface area (Å²) in [4.78, 5) is 27.2. The molecule has 1 unspecified atom stereocenters. The van der Waals surface area contributed by atoms with Crippen LogP contribution < -0.4 is 15.5 Å². The lowest BCUT2D eigenvalue weighted by Gasteiger charge is -2.54. The molecule has 0 aliphatic heterocycles. The summed E-state index contributed by atoms with van der Waals surface area (Å²) in [7, 11) is 1.76. The predicted octanol–water partition coefficient (Wildman–Crippen LogP) is 5.15. The van der Waals surface area contributed by atoms with Crippen LogP contribution in [0.5, 0.6) is 0 Å². The second-order valence-electron chi connectivity index (χ2n) is 10.1. The number of para-hydroxylation sites is 1. The van der Waals surface area contributed by atoms with Gasteiger partial charge in [0, 0.05) is 24.3 Å². The van der Waals surface area contributed by atoms with E-state index < -0.39 is 0 Å². The fraction of sp³-hybridized carbons (Fsp3) is 0.481. The third kappa shape index (κ3) is 4.13. The van der Waals surface area contributed by atoms with Crippen molar-refractivity contribution in [2.75, 3.05) is 11.9 Å². The molecule has 4 fully saturated rings. The Balaban J connectivity index is 1.18. The molecule has 168 valence electrons. The van der Waals surface area contributed by atoms with Crippen molar-refractivity contribution in [3.8, 4) is 0 Å². The van der Waals surface area contributed by atoms with Crippen molar-refractivity contribution in [3.63, 3.8) is 0 Å². The molecule has 0 aromatic heterocycles. The normalized spacial score (nSPS) is 28.8. The van der Waals surface area contributed by atoms with Gasteiger partial charge in [0.1, 0.15) is 0 Å². The number of rotatable bonds is 5. The molecule has 4 aliphatic carbocycles. The summed E-state index contributed by atoms with van der Waals surface area (Å²) in [6.07, 6.45) is 6.61. The highest BCUT2D eigenvalue weighted by molar-refractivity contribution is 5.94. The number of hydrogen-bond donors (Lipinski definition) is 2. The van der Waals surface area contributed by atoms with Crippen LogP contribution in [0.1, 0.15) is 61.0 Å². The molecular weight excluding hydrogens is 398 g/mol. The van der Waals surface area contributed by atoms with Gasteiger partial charge in [0.2, 0.25) is 0 Å². The van der Waals surface area contributed by atoms with Crippen molar-refractivity contribution in [2.24, 2.45) is 23.7 Å². The zero-order chi connectivity index (χ0) is 22.2. The van der Waals surface area contributed by atoms with Crippen molar-refractivity contribution in [1.29, 1.82) is 0 Å². The Morgan fingerprint density at radius 1 is 0.875 bits per heavy atom. The summed E-state index contributed by atoms with van der Waals surface area (Å²) in [6.45, 7) is 1.96. The van der Waals surface area contributed by atoms with E-state index in [1.807, 2.05) is 61.5 Å². The molecule has 0 heterocycles. The Hall–Kier alpha value is -2.82. The van der Waals surface area contributed by atoms with E-state index in [1.54, 1.807) is 11.9 Å². The molecule has 5 heteroatoms. The molecule has 2 aromatic carbocycles. The van der Waals surface area contributed by atoms with Crippen molar-refractivity contribution in [3.05, 3.63) is 65.7 Å². The first-order valence-corrected chi connectivity index (χ1v) is 12.0. The van der Waals surface area contributed by atoms with Crippen molar-refractivity contribution < 1.29 is 9.59 Å². The molecule has 0 radical (unpaired) electrons. The van der Waals surface area contributed by atoms with E-state index in [0.717, 1.165) is 23.1 Å².